The van der Waals surface area contributed by atoms with Gasteiger partial charge in [-0.25, -0.2) is 8.78 Å². The van der Waals surface area contributed by atoms with Crippen molar-refractivity contribution in [1.29, 1.82) is 0 Å². The van der Waals surface area contributed by atoms with E-state index >= 15 is 0 Å². The molecule has 1 aromatic carbocycles. The van der Waals surface area contributed by atoms with E-state index in [1.54, 1.807) is 13.2 Å². The van der Waals surface area contributed by atoms with Crippen LogP contribution in [-0.2, 0) is 11.2 Å². The van der Waals surface area contributed by atoms with Gasteiger partial charge in [-0.05, 0) is 44.2 Å². The van der Waals surface area contributed by atoms with E-state index in [1.165, 1.54) is 6.07 Å². The minimum absolute atomic E-state index is 0.360. The van der Waals surface area contributed by atoms with Crippen LogP contribution in [0.3, 0.4) is 0 Å². The average Bonchev–Trinajstić information content (AvgIpc) is 2.67. The molecule has 0 saturated carbocycles. The maximum atomic E-state index is 13.7. The standard InChI is InChI=1S/C20H32F2N4O/c1-3-23-20(24-11-8-16-6-4-7-18(21)19(16)22)25-17-9-13-26(14-10-17)12-5-15-27-2/h4,6-7,17H,3,5,8-15H2,1-2H3,(H2,23,24,25). The minimum atomic E-state index is -0.807. The van der Waals surface area contributed by atoms with E-state index in [9.17, 15) is 8.78 Å². The van der Waals surface area contributed by atoms with Crippen LogP contribution in [0.1, 0.15) is 31.7 Å². The number of ether oxygens (including phenoxy) is 1. The molecule has 2 rings (SSSR count). The van der Waals surface area contributed by atoms with Crippen molar-refractivity contribution in [3.8, 4) is 0 Å². The molecule has 2 N–H and O–H groups in total. The predicted molar refractivity (Wildman–Crippen MR) is 105 cm³/mol. The zero-order valence-corrected chi connectivity index (χ0v) is 16.4. The summed E-state index contributed by atoms with van der Waals surface area (Å²) in [4.78, 5) is 6.99. The van der Waals surface area contributed by atoms with Gasteiger partial charge in [-0.3, -0.25) is 4.99 Å². The number of hydrogen-bond acceptors (Lipinski definition) is 3. The second-order valence-corrected chi connectivity index (χ2v) is 6.83. The van der Waals surface area contributed by atoms with Gasteiger partial charge in [-0.2, -0.15) is 0 Å². The number of guanidine groups is 1. The number of piperidine rings is 1. The molecule has 1 aromatic rings. The van der Waals surface area contributed by atoms with E-state index in [4.69, 9.17) is 4.74 Å². The summed E-state index contributed by atoms with van der Waals surface area (Å²) in [7, 11) is 1.74. The quantitative estimate of drug-likeness (QED) is 0.392. The number of aliphatic imine (C=N–C) groups is 1. The van der Waals surface area contributed by atoms with Crippen molar-refractivity contribution in [2.24, 2.45) is 4.99 Å². The lowest BCUT2D eigenvalue weighted by molar-refractivity contribution is 0.155. The molecule has 0 amide bonds. The van der Waals surface area contributed by atoms with Gasteiger partial charge in [0.05, 0.1) is 0 Å². The molecule has 5 nitrogen and oxygen atoms in total. The van der Waals surface area contributed by atoms with Crippen LogP contribution in [-0.4, -0.2) is 63.3 Å². The summed E-state index contributed by atoms with van der Waals surface area (Å²) in [5, 5.41) is 6.71. The van der Waals surface area contributed by atoms with Gasteiger partial charge in [-0.1, -0.05) is 12.1 Å². The first kappa shape index (κ1) is 21.6. The van der Waals surface area contributed by atoms with E-state index in [-0.39, 0.29) is 0 Å². The van der Waals surface area contributed by atoms with Crippen LogP contribution >= 0.6 is 0 Å². The average molecular weight is 382 g/mol. The second-order valence-electron chi connectivity index (χ2n) is 6.83. The molecule has 1 fully saturated rings. The lowest BCUT2D eigenvalue weighted by Gasteiger charge is -2.33. The molecule has 152 valence electrons. The van der Waals surface area contributed by atoms with Gasteiger partial charge in [0, 0.05) is 52.5 Å². The molecule has 27 heavy (non-hydrogen) atoms. The zero-order valence-electron chi connectivity index (χ0n) is 16.4. The number of likely N-dealkylation sites (tertiary alicyclic amines) is 1. The maximum absolute atomic E-state index is 13.7. The van der Waals surface area contributed by atoms with Crippen LogP contribution in [0, 0.1) is 11.6 Å². The summed E-state index contributed by atoms with van der Waals surface area (Å²) in [5.41, 5.74) is 0.360. The molecule has 0 radical (unpaired) electrons. The summed E-state index contributed by atoms with van der Waals surface area (Å²) in [5.74, 6) is -0.836. The molecule has 7 heteroatoms. The molecule has 0 unspecified atom stereocenters. The summed E-state index contributed by atoms with van der Waals surface area (Å²) in [6, 6.07) is 4.65. The molecule has 0 aromatic heterocycles. The molecular formula is C20H32F2N4O. The normalized spacial score (nSPS) is 16.5. The van der Waals surface area contributed by atoms with Gasteiger partial charge in [-0.15, -0.1) is 0 Å². The van der Waals surface area contributed by atoms with Crippen molar-refractivity contribution in [3.05, 3.63) is 35.4 Å². The molecule has 1 aliphatic rings. The first-order chi connectivity index (χ1) is 13.1. The molecule has 1 saturated heterocycles. The first-order valence-electron chi connectivity index (χ1n) is 9.83. The van der Waals surface area contributed by atoms with Crippen molar-refractivity contribution < 1.29 is 13.5 Å². The van der Waals surface area contributed by atoms with Gasteiger partial charge < -0.3 is 20.3 Å². The summed E-state index contributed by atoms with van der Waals surface area (Å²) < 4.78 is 32.1. The van der Waals surface area contributed by atoms with Crippen LogP contribution < -0.4 is 10.6 Å². The Hall–Kier alpha value is -1.73. The Balaban J connectivity index is 1.79. The van der Waals surface area contributed by atoms with Gasteiger partial charge in [0.15, 0.2) is 17.6 Å². The highest BCUT2D eigenvalue weighted by molar-refractivity contribution is 5.80. The highest BCUT2D eigenvalue weighted by atomic mass is 19.2. The van der Waals surface area contributed by atoms with Crippen LogP contribution in [0.4, 0.5) is 8.78 Å². The number of methoxy groups -OCH3 is 1. The Kier molecular flexibility index (Phi) is 9.48. The van der Waals surface area contributed by atoms with Crippen molar-refractivity contribution >= 4 is 5.96 Å². The lowest BCUT2D eigenvalue weighted by Crippen LogP contribution is -2.49. The highest BCUT2D eigenvalue weighted by Gasteiger charge is 2.19. The fourth-order valence-electron chi connectivity index (χ4n) is 3.28. The number of hydrogen-bond donors (Lipinski definition) is 2. The van der Waals surface area contributed by atoms with Gasteiger partial charge >= 0.3 is 0 Å². The van der Waals surface area contributed by atoms with E-state index in [1.807, 2.05) is 6.92 Å². The van der Waals surface area contributed by atoms with Crippen LogP contribution in [0.5, 0.6) is 0 Å². The largest absolute Gasteiger partial charge is 0.385 e. The molecule has 1 heterocycles. The Morgan fingerprint density at radius 2 is 2.07 bits per heavy atom. The molecule has 0 atom stereocenters. The van der Waals surface area contributed by atoms with Gasteiger partial charge in [0.2, 0.25) is 0 Å². The Morgan fingerprint density at radius 3 is 2.78 bits per heavy atom. The zero-order chi connectivity index (χ0) is 19.5. The summed E-state index contributed by atoms with van der Waals surface area (Å²) in [6.45, 7) is 7.20. The molecule has 0 aliphatic carbocycles. The van der Waals surface area contributed by atoms with Crippen molar-refractivity contribution in [3.63, 3.8) is 0 Å². The predicted octanol–water partition coefficient (Wildman–Crippen LogP) is 2.56. The maximum Gasteiger partial charge on any atom is 0.191 e. The lowest BCUT2D eigenvalue weighted by atomic mass is 10.1. The fourth-order valence-corrected chi connectivity index (χ4v) is 3.28. The smallest absolute Gasteiger partial charge is 0.191 e. The molecule has 1 aliphatic heterocycles. The monoisotopic (exact) mass is 382 g/mol. The van der Waals surface area contributed by atoms with Crippen molar-refractivity contribution in [2.75, 3.05) is 46.4 Å². The third-order valence-corrected chi connectivity index (χ3v) is 4.78. The number of nitrogens with zero attached hydrogens (tertiary/aromatic N) is 2. The Labute approximate surface area is 161 Å². The van der Waals surface area contributed by atoms with Gasteiger partial charge in [0.25, 0.3) is 0 Å². The van der Waals surface area contributed by atoms with Gasteiger partial charge in [0.1, 0.15) is 0 Å². The Bertz CT molecular complexity index is 589. The second kappa shape index (κ2) is 11.9. The minimum Gasteiger partial charge on any atom is -0.385 e. The van der Waals surface area contributed by atoms with E-state index in [0.29, 0.717) is 24.6 Å². The van der Waals surface area contributed by atoms with E-state index in [2.05, 4.69) is 20.5 Å². The number of nitrogens with one attached hydrogen (secondary N) is 2. The van der Waals surface area contributed by atoms with Crippen LogP contribution in [0.15, 0.2) is 23.2 Å². The number of benzene rings is 1. The molecule has 0 bridgehead atoms. The Morgan fingerprint density at radius 1 is 1.30 bits per heavy atom. The van der Waals surface area contributed by atoms with E-state index in [0.717, 1.165) is 64.1 Å². The van der Waals surface area contributed by atoms with Crippen LogP contribution in [0.2, 0.25) is 0 Å². The number of halogens is 2. The first-order valence-corrected chi connectivity index (χ1v) is 9.83. The molecular weight excluding hydrogens is 350 g/mol. The third kappa shape index (κ3) is 7.42. The topological polar surface area (TPSA) is 48.9 Å². The SMILES string of the molecule is CCNC(=NCCc1cccc(F)c1F)NC1CCN(CCCOC)CC1. The van der Waals surface area contributed by atoms with Crippen molar-refractivity contribution in [2.45, 2.75) is 38.6 Å². The summed E-state index contributed by atoms with van der Waals surface area (Å²) >= 11 is 0. The molecule has 0 spiro atoms. The van der Waals surface area contributed by atoms with Crippen molar-refractivity contribution in [1.82, 2.24) is 15.5 Å². The van der Waals surface area contributed by atoms with E-state index < -0.39 is 11.6 Å². The third-order valence-electron chi connectivity index (χ3n) is 4.78. The highest BCUT2D eigenvalue weighted by Crippen LogP contribution is 2.12. The fraction of sp³-hybridized carbons (Fsp3) is 0.650. The van der Waals surface area contributed by atoms with Crippen LogP contribution in [0.25, 0.3) is 0 Å². The summed E-state index contributed by atoms with van der Waals surface area (Å²) in [6.07, 6.45) is 3.57. The number of rotatable bonds is 9.